The van der Waals surface area contributed by atoms with Crippen LogP contribution in [0.2, 0.25) is 0 Å². The summed E-state index contributed by atoms with van der Waals surface area (Å²) in [6.45, 7) is 8.81. The van der Waals surface area contributed by atoms with Gasteiger partial charge in [-0.2, -0.15) is 0 Å². The van der Waals surface area contributed by atoms with Crippen molar-refractivity contribution in [2.24, 2.45) is 4.99 Å². The zero-order chi connectivity index (χ0) is 20.4. The molecule has 0 spiro atoms. The molecule has 0 radical (unpaired) electrons. The number of amides is 1. The molecule has 154 valence electrons. The number of aliphatic imine (C=N–C) groups is 1. The number of hydrogen-bond acceptors (Lipinski definition) is 7. The van der Waals surface area contributed by atoms with E-state index in [4.69, 9.17) is 9.15 Å². The van der Waals surface area contributed by atoms with Crippen LogP contribution in [0.5, 0.6) is 0 Å². The molecule has 0 aliphatic carbocycles. The third kappa shape index (κ3) is 4.52. The average Bonchev–Trinajstić information content (AvgIpc) is 3.32. The summed E-state index contributed by atoms with van der Waals surface area (Å²) < 4.78 is 11.1. The van der Waals surface area contributed by atoms with Crippen LogP contribution in [-0.2, 0) is 11.3 Å². The second kappa shape index (κ2) is 7.77. The normalized spacial score (nSPS) is 19.0. The Kier molecular flexibility index (Phi) is 5.17. The number of aromatic nitrogens is 1. The fraction of sp³-hybridized carbons (Fsp3) is 0.476. The Bertz CT molecular complexity index is 887. The number of nitrogens with one attached hydrogen (secondary N) is 1. The van der Waals surface area contributed by atoms with Gasteiger partial charge >= 0.3 is 6.09 Å². The van der Waals surface area contributed by atoms with E-state index in [1.807, 2.05) is 51.1 Å². The number of nitrogens with zero attached hydrogens (tertiary/aromatic N) is 4. The number of carbonyl (C=O) groups is 1. The predicted molar refractivity (Wildman–Crippen MR) is 109 cm³/mol. The van der Waals surface area contributed by atoms with E-state index in [0.717, 1.165) is 23.8 Å². The summed E-state index contributed by atoms with van der Waals surface area (Å²) in [6.07, 6.45) is 1.41. The van der Waals surface area contributed by atoms with E-state index in [0.29, 0.717) is 32.1 Å². The first-order valence-corrected chi connectivity index (χ1v) is 9.92. The van der Waals surface area contributed by atoms with Crippen molar-refractivity contribution in [3.05, 3.63) is 42.3 Å². The Hall–Kier alpha value is -3.03. The number of ether oxygens (including phenoxy) is 1. The number of hydrogen-bond donors (Lipinski definition) is 1. The highest BCUT2D eigenvalue weighted by Crippen LogP contribution is 2.20. The van der Waals surface area contributed by atoms with Crippen molar-refractivity contribution >= 4 is 12.1 Å². The first kappa shape index (κ1) is 19.3. The van der Waals surface area contributed by atoms with Gasteiger partial charge in [-0.25, -0.2) is 9.78 Å². The number of fused-ring (bicyclic) bond motifs is 1. The van der Waals surface area contributed by atoms with Crippen molar-refractivity contribution in [2.75, 3.05) is 26.2 Å². The Morgan fingerprint density at radius 1 is 1.28 bits per heavy atom. The molecule has 0 bridgehead atoms. The minimum absolute atomic E-state index is 0.177. The van der Waals surface area contributed by atoms with E-state index in [1.165, 1.54) is 0 Å². The van der Waals surface area contributed by atoms with Crippen molar-refractivity contribution in [3.8, 4) is 11.5 Å². The summed E-state index contributed by atoms with van der Waals surface area (Å²) in [7, 11) is 0. The molecule has 1 N–H and O–H groups in total. The van der Waals surface area contributed by atoms with Crippen LogP contribution in [0.1, 0.15) is 26.5 Å². The number of carbonyl (C=O) groups excluding carboxylic acids is 1. The van der Waals surface area contributed by atoms with Gasteiger partial charge in [-0.05, 0) is 32.9 Å². The lowest BCUT2D eigenvalue weighted by Crippen LogP contribution is -2.57. The maximum Gasteiger partial charge on any atom is 0.410 e. The van der Waals surface area contributed by atoms with Gasteiger partial charge in [0, 0.05) is 25.2 Å². The minimum atomic E-state index is -0.483. The quantitative estimate of drug-likeness (QED) is 0.857. The van der Waals surface area contributed by atoms with Gasteiger partial charge in [-0.1, -0.05) is 18.2 Å². The van der Waals surface area contributed by atoms with Gasteiger partial charge in [0.2, 0.25) is 5.89 Å². The Labute approximate surface area is 170 Å². The summed E-state index contributed by atoms with van der Waals surface area (Å²) in [6, 6.07) is 10.0. The molecule has 1 amide bonds. The molecular formula is C21H27N5O3. The highest BCUT2D eigenvalue weighted by atomic mass is 16.6. The second-order valence-electron chi connectivity index (χ2n) is 8.30. The molecule has 1 atom stereocenters. The van der Waals surface area contributed by atoms with Gasteiger partial charge in [0.15, 0.2) is 5.96 Å². The van der Waals surface area contributed by atoms with Crippen molar-refractivity contribution in [1.29, 1.82) is 0 Å². The van der Waals surface area contributed by atoms with Crippen molar-refractivity contribution in [2.45, 2.75) is 39.0 Å². The Morgan fingerprint density at radius 3 is 2.83 bits per heavy atom. The van der Waals surface area contributed by atoms with Crippen LogP contribution >= 0.6 is 0 Å². The summed E-state index contributed by atoms with van der Waals surface area (Å²) in [4.78, 5) is 25.5. The third-order valence-electron chi connectivity index (χ3n) is 4.86. The fourth-order valence-electron chi connectivity index (χ4n) is 3.49. The molecule has 2 aromatic rings. The lowest BCUT2D eigenvalue weighted by atomic mass is 10.2. The molecule has 1 aromatic carbocycles. The fourth-order valence-corrected chi connectivity index (χ4v) is 3.49. The van der Waals surface area contributed by atoms with Gasteiger partial charge in [-0.15, -0.1) is 0 Å². The number of guanidine groups is 1. The van der Waals surface area contributed by atoms with Gasteiger partial charge in [-0.3, -0.25) is 4.99 Å². The van der Waals surface area contributed by atoms with Crippen LogP contribution in [0.4, 0.5) is 4.79 Å². The number of benzene rings is 1. The summed E-state index contributed by atoms with van der Waals surface area (Å²) in [5, 5.41) is 3.36. The lowest BCUT2D eigenvalue weighted by molar-refractivity contribution is 0.0137. The Balaban J connectivity index is 1.30. The molecule has 2 aliphatic rings. The van der Waals surface area contributed by atoms with Gasteiger partial charge in [0.1, 0.15) is 11.9 Å². The van der Waals surface area contributed by atoms with Crippen molar-refractivity contribution in [1.82, 2.24) is 20.1 Å². The largest absolute Gasteiger partial charge is 0.444 e. The first-order valence-electron chi connectivity index (χ1n) is 9.92. The molecule has 1 fully saturated rings. The number of piperazine rings is 1. The monoisotopic (exact) mass is 397 g/mol. The molecule has 1 saturated heterocycles. The first-order chi connectivity index (χ1) is 13.9. The molecule has 29 heavy (non-hydrogen) atoms. The van der Waals surface area contributed by atoms with Gasteiger partial charge in [0.25, 0.3) is 0 Å². The average molecular weight is 397 g/mol. The van der Waals surface area contributed by atoms with Crippen LogP contribution in [0.15, 0.2) is 46.0 Å². The molecule has 4 rings (SSSR count). The zero-order valence-electron chi connectivity index (χ0n) is 17.1. The number of rotatable bonds is 3. The van der Waals surface area contributed by atoms with E-state index in [1.54, 1.807) is 11.2 Å². The highest BCUT2D eigenvalue weighted by molar-refractivity contribution is 5.82. The zero-order valence-corrected chi connectivity index (χ0v) is 17.1. The summed E-state index contributed by atoms with van der Waals surface area (Å²) in [5.74, 6) is 1.46. The van der Waals surface area contributed by atoms with Crippen LogP contribution in [0.25, 0.3) is 11.5 Å². The summed E-state index contributed by atoms with van der Waals surface area (Å²) >= 11 is 0. The van der Waals surface area contributed by atoms with Crippen LogP contribution in [0.3, 0.4) is 0 Å². The molecule has 0 saturated carbocycles. The van der Waals surface area contributed by atoms with Gasteiger partial charge < -0.3 is 24.3 Å². The van der Waals surface area contributed by atoms with Crippen molar-refractivity contribution < 1.29 is 13.9 Å². The standard InChI is InChI=1S/C21H27N5O3/c1-21(2,3)29-20(27)25-9-10-26-17(13-25)12-23-19(26)22-11-16-14-28-18(24-16)15-7-5-4-6-8-15/h4-8,14,17H,9-13H2,1-3H3,(H,22,23). The van der Waals surface area contributed by atoms with Crippen LogP contribution in [0, 0.1) is 0 Å². The second-order valence-corrected chi connectivity index (χ2v) is 8.30. The molecule has 1 aromatic heterocycles. The van der Waals surface area contributed by atoms with Crippen molar-refractivity contribution in [3.63, 3.8) is 0 Å². The molecule has 1 unspecified atom stereocenters. The van der Waals surface area contributed by atoms with Crippen LogP contribution < -0.4 is 5.32 Å². The van der Waals surface area contributed by atoms with E-state index < -0.39 is 5.60 Å². The third-order valence-corrected chi connectivity index (χ3v) is 4.86. The SMILES string of the molecule is CC(C)(C)OC(=O)N1CCN2C(NCc3coc(-c4ccccc4)n3)=NCC2C1. The van der Waals surface area contributed by atoms with Gasteiger partial charge in [0.05, 0.1) is 24.8 Å². The predicted octanol–water partition coefficient (Wildman–Crippen LogP) is 2.72. The maximum atomic E-state index is 12.3. The maximum absolute atomic E-state index is 12.3. The summed E-state index contributed by atoms with van der Waals surface area (Å²) in [5.41, 5.74) is 1.29. The van der Waals surface area contributed by atoms with E-state index in [-0.39, 0.29) is 12.1 Å². The number of oxazole rings is 1. The minimum Gasteiger partial charge on any atom is -0.444 e. The smallest absolute Gasteiger partial charge is 0.410 e. The topological polar surface area (TPSA) is 83.2 Å². The molecular weight excluding hydrogens is 370 g/mol. The van der Waals surface area contributed by atoms with E-state index in [9.17, 15) is 4.79 Å². The Morgan fingerprint density at radius 2 is 2.07 bits per heavy atom. The molecule has 8 heteroatoms. The molecule has 8 nitrogen and oxygen atoms in total. The van der Waals surface area contributed by atoms with E-state index >= 15 is 0 Å². The molecule has 3 heterocycles. The lowest BCUT2D eigenvalue weighted by Gasteiger charge is -2.39. The highest BCUT2D eigenvalue weighted by Gasteiger charge is 2.36. The van der Waals surface area contributed by atoms with Crippen LogP contribution in [-0.4, -0.2) is 64.7 Å². The van der Waals surface area contributed by atoms with E-state index in [2.05, 4.69) is 20.2 Å². The molecule has 2 aliphatic heterocycles.